The minimum Gasteiger partial charge on any atom is -0.493 e. The van der Waals surface area contributed by atoms with Crippen molar-refractivity contribution in [2.24, 2.45) is 0 Å². The molecule has 0 radical (unpaired) electrons. The molecule has 0 aromatic heterocycles. The quantitative estimate of drug-likeness (QED) is 0.0253. The Balaban J connectivity index is 1.96. The summed E-state index contributed by atoms with van der Waals surface area (Å²) < 4.78 is 126. The maximum atomic E-state index is 13.3. The second-order valence-corrected chi connectivity index (χ2v) is 32.6. The molecule has 80 heavy (non-hydrogen) atoms. The summed E-state index contributed by atoms with van der Waals surface area (Å²) in [5, 5.41) is -2.73. The fourth-order valence-electron chi connectivity index (χ4n) is 8.61. The van der Waals surface area contributed by atoms with Crippen molar-refractivity contribution in [2.45, 2.75) is 77.0 Å². The summed E-state index contributed by atoms with van der Waals surface area (Å²) in [5.41, 5.74) is -1.23. The smallest absolute Gasteiger partial charge is 0.356 e. The molecule has 5 rings (SSSR count). The van der Waals surface area contributed by atoms with Crippen molar-refractivity contribution in [1.29, 1.82) is 0 Å². The first kappa shape index (κ1) is 68.1. The number of hydrogen-bond donors (Lipinski definition) is 16. The van der Waals surface area contributed by atoms with E-state index >= 15 is 0 Å². The summed E-state index contributed by atoms with van der Waals surface area (Å²) in [6.07, 6.45) is -5.42. The molecule has 0 saturated carbocycles. The maximum absolute atomic E-state index is 13.3. The molecule has 1 aliphatic carbocycles. The van der Waals surface area contributed by atoms with Gasteiger partial charge >= 0.3 is 60.8 Å². The number of fused-ring (bicyclic) bond motifs is 8. The molecule has 16 N–H and O–H groups in total. The predicted octanol–water partition coefficient (Wildman–Crippen LogP) is 2.92. The van der Waals surface area contributed by atoms with Gasteiger partial charge in [0.2, 0.25) is 0 Å². The first-order valence-electron chi connectivity index (χ1n) is 24.2. The Hall–Kier alpha value is -2.72. The Kier molecular flexibility index (Phi) is 23.4. The van der Waals surface area contributed by atoms with Gasteiger partial charge in [-0.25, -0.2) is 0 Å². The standard InChI is InChI=1S/C44H64O28P8/c45-73(46,47)13-5-1-9-69-41-29-17-31-23-38(78(60,61)62)25-33(42(31)70-10-2-6-14-74(48,49)50)19-35-27-40(80(66,67)68)28-36(44(35)72-12-4-8-16-76(54,55)56)20-34-26-39(79(63,64)65)24-32(18-30(41)22-37(21-29)77(57,58)59)43(34)71-11-3-7-15-75(51,52)53/h21-28H,1-20H2,(H2,45,46,47)(H2,48,49,50)(H2,51,52,53)(H2,54,55,56)(H2,57,58,59)(H2,60,61,62)(H2,63,64,65)(H2,66,67,68). The summed E-state index contributed by atoms with van der Waals surface area (Å²) in [5.74, 6) is -0.823. The summed E-state index contributed by atoms with van der Waals surface area (Å²) in [7, 11) is -39.4. The van der Waals surface area contributed by atoms with E-state index in [1.807, 2.05) is 0 Å². The highest BCUT2D eigenvalue weighted by molar-refractivity contribution is 7.61. The van der Waals surface area contributed by atoms with Crippen LogP contribution >= 0.6 is 60.8 Å². The average molecular weight is 1290 g/mol. The van der Waals surface area contributed by atoms with Crippen LogP contribution in [0.5, 0.6) is 23.0 Å². The van der Waals surface area contributed by atoms with E-state index in [4.69, 9.17) is 18.9 Å². The summed E-state index contributed by atoms with van der Waals surface area (Å²) >= 11 is 0. The first-order valence-corrected chi connectivity index (χ1v) is 37.9. The van der Waals surface area contributed by atoms with E-state index in [1.165, 1.54) is 0 Å². The van der Waals surface area contributed by atoms with E-state index in [2.05, 4.69) is 0 Å². The lowest BCUT2D eigenvalue weighted by Gasteiger charge is -2.25. The van der Waals surface area contributed by atoms with Crippen molar-refractivity contribution in [3.8, 4) is 23.0 Å². The van der Waals surface area contributed by atoms with Gasteiger partial charge in [0.05, 0.1) is 47.6 Å². The predicted molar refractivity (Wildman–Crippen MR) is 290 cm³/mol. The highest BCUT2D eigenvalue weighted by atomic mass is 31.2. The molecule has 0 atom stereocenters. The summed E-state index contributed by atoms with van der Waals surface area (Å²) in [6.45, 7) is -1.38. The van der Waals surface area contributed by atoms with Crippen LogP contribution in [0.1, 0.15) is 95.9 Å². The number of rotatable bonds is 28. The lowest BCUT2D eigenvalue weighted by atomic mass is 9.91. The van der Waals surface area contributed by atoms with Gasteiger partial charge in [-0.15, -0.1) is 0 Å². The zero-order valence-corrected chi connectivity index (χ0v) is 49.5. The summed E-state index contributed by atoms with van der Waals surface area (Å²) in [4.78, 5) is 163. The van der Waals surface area contributed by atoms with Gasteiger partial charge in [0, 0.05) is 50.3 Å². The molecule has 28 nitrogen and oxygen atoms in total. The van der Waals surface area contributed by atoms with Gasteiger partial charge in [-0.05, 0) is 144 Å². The van der Waals surface area contributed by atoms with E-state index in [0.717, 1.165) is 48.5 Å². The molecule has 0 unspecified atom stereocenters. The van der Waals surface area contributed by atoms with Gasteiger partial charge in [-0.3, -0.25) is 36.5 Å². The molecule has 8 bridgehead atoms. The van der Waals surface area contributed by atoms with Crippen LogP contribution in [0, 0.1) is 0 Å². The number of benzene rings is 4. The molecule has 36 heteroatoms. The van der Waals surface area contributed by atoms with E-state index < -0.39 is 132 Å². The van der Waals surface area contributed by atoms with Crippen LogP contribution < -0.4 is 40.2 Å². The van der Waals surface area contributed by atoms with Crippen molar-refractivity contribution in [3.63, 3.8) is 0 Å². The zero-order chi connectivity index (χ0) is 59.9. The van der Waals surface area contributed by atoms with Crippen molar-refractivity contribution < 1.29 is 134 Å². The lowest BCUT2D eigenvalue weighted by Crippen LogP contribution is -2.18. The van der Waals surface area contributed by atoms with Crippen LogP contribution in [-0.2, 0) is 62.2 Å². The van der Waals surface area contributed by atoms with Crippen molar-refractivity contribution in [3.05, 3.63) is 93.0 Å². The van der Waals surface area contributed by atoms with E-state index in [1.54, 1.807) is 0 Å². The van der Waals surface area contributed by atoms with Gasteiger partial charge in [-0.1, -0.05) is 0 Å². The Morgan fingerprint density at radius 2 is 0.412 bits per heavy atom. The molecule has 0 saturated heterocycles. The van der Waals surface area contributed by atoms with E-state index in [-0.39, 0.29) is 145 Å². The van der Waals surface area contributed by atoms with Crippen LogP contribution in [-0.4, -0.2) is 129 Å². The minimum absolute atomic E-state index is 0.0473. The van der Waals surface area contributed by atoms with Crippen LogP contribution in [0.15, 0.2) is 48.5 Å². The van der Waals surface area contributed by atoms with E-state index in [0.29, 0.717) is 0 Å². The van der Waals surface area contributed by atoms with Crippen LogP contribution in [0.4, 0.5) is 0 Å². The van der Waals surface area contributed by atoms with Gasteiger partial charge in [-0.2, -0.15) is 0 Å². The average Bonchev–Trinajstić information content (AvgIpc) is 3.27. The summed E-state index contributed by atoms with van der Waals surface area (Å²) in [6, 6.07) is 7.97. The first-order chi connectivity index (χ1) is 36.7. The molecule has 0 spiro atoms. The fraction of sp³-hybridized carbons (Fsp3) is 0.455. The van der Waals surface area contributed by atoms with Crippen molar-refractivity contribution >= 4 is 82.0 Å². The van der Waals surface area contributed by atoms with E-state index in [9.17, 15) is 115 Å². The van der Waals surface area contributed by atoms with Crippen LogP contribution in [0.3, 0.4) is 0 Å². The number of hydrogen-bond acceptors (Lipinski definition) is 12. The second-order valence-electron chi connectivity index (χ2n) is 19.0. The Morgan fingerprint density at radius 1 is 0.263 bits per heavy atom. The van der Waals surface area contributed by atoms with Crippen molar-refractivity contribution in [1.82, 2.24) is 0 Å². The maximum Gasteiger partial charge on any atom is 0.356 e. The largest absolute Gasteiger partial charge is 0.493 e. The molecule has 0 heterocycles. The normalized spacial score (nSPS) is 14.0. The molecule has 0 fully saturated rings. The van der Waals surface area contributed by atoms with Gasteiger partial charge in [0.25, 0.3) is 0 Å². The third-order valence-corrected chi connectivity index (χ3v) is 19.5. The van der Waals surface area contributed by atoms with Gasteiger partial charge in [0.1, 0.15) is 23.0 Å². The molecule has 4 aromatic carbocycles. The molecule has 0 aliphatic heterocycles. The number of unbranched alkanes of at least 4 members (excludes halogenated alkanes) is 4. The zero-order valence-electron chi connectivity index (χ0n) is 42.4. The molecule has 448 valence electrons. The second kappa shape index (κ2) is 27.5. The highest BCUT2D eigenvalue weighted by Gasteiger charge is 2.32. The highest BCUT2D eigenvalue weighted by Crippen LogP contribution is 2.47. The topological polar surface area (TPSA) is 497 Å². The molecule has 0 amide bonds. The van der Waals surface area contributed by atoms with Crippen LogP contribution in [0.25, 0.3) is 0 Å². The van der Waals surface area contributed by atoms with Gasteiger partial charge in [0.15, 0.2) is 0 Å². The fourth-order valence-corrected chi connectivity index (χ4v) is 13.7. The molecule has 4 aromatic rings. The Bertz CT molecular complexity index is 2740. The third kappa shape index (κ3) is 22.0. The molecular weight excluding hydrogens is 1220 g/mol. The lowest BCUT2D eigenvalue weighted by molar-refractivity contribution is 0.296. The molecular formula is C44H64O28P8. The SMILES string of the molecule is O=P(O)(O)CCCCOc1c2cc(P(=O)(O)O)cc1Cc1cc(P(=O)(O)O)cc(c1OCCCCP(=O)(O)O)Cc1cc(P(=O)(O)O)cc(c1OCCCCP(=O)(O)O)Cc1cc(P(=O)(O)O)cc(c1OCCCCP(=O)(O)O)C2. The Morgan fingerprint density at radius 3 is 0.537 bits per heavy atom. The van der Waals surface area contributed by atoms with Crippen LogP contribution in [0.2, 0.25) is 0 Å². The Labute approximate surface area is 458 Å². The number of ether oxygens (including phenoxy) is 4. The minimum atomic E-state index is -5.34. The van der Waals surface area contributed by atoms with Crippen molar-refractivity contribution in [2.75, 3.05) is 51.1 Å². The molecule has 1 aliphatic rings. The third-order valence-electron chi connectivity index (χ3n) is 12.1. The van der Waals surface area contributed by atoms with Gasteiger partial charge < -0.3 is 97.2 Å². The monoisotopic (exact) mass is 1290 g/mol.